The van der Waals surface area contributed by atoms with Gasteiger partial charge in [0.2, 0.25) is 11.7 Å². The number of aromatic nitrogens is 4. The minimum absolute atomic E-state index is 0.00753. The predicted molar refractivity (Wildman–Crippen MR) is 109 cm³/mol. The Kier molecular flexibility index (Phi) is 5.25. The van der Waals surface area contributed by atoms with Crippen molar-refractivity contribution >= 4 is 17.2 Å². The van der Waals surface area contributed by atoms with E-state index < -0.39 is 0 Å². The molecule has 1 amide bonds. The van der Waals surface area contributed by atoms with Crippen molar-refractivity contribution in [2.45, 2.75) is 19.5 Å². The van der Waals surface area contributed by atoms with Crippen LogP contribution in [0, 0.1) is 6.92 Å². The number of tetrazole rings is 1. The average molecular weight is 389 g/mol. The number of rotatable bonds is 6. The molecule has 0 radical (unpaired) electrons. The number of hydrogen-bond acceptors (Lipinski definition) is 5. The summed E-state index contributed by atoms with van der Waals surface area (Å²) in [6, 6.07) is 21.5. The number of nitrogens with zero attached hydrogens (tertiary/aromatic N) is 4. The number of carbonyl (C=O) groups is 1. The van der Waals surface area contributed by atoms with Gasteiger partial charge in [-0.25, -0.2) is 0 Å². The van der Waals surface area contributed by atoms with Gasteiger partial charge in [0.1, 0.15) is 6.54 Å². The minimum Gasteiger partial charge on any atom is -0.343 e. The zero-order chi connectivity index (χ0) is 19.3. The van der Waals surface area contributed by atoms with Crippen LogP contribution in [0.15, 0.2) is 72.1 Å². The molecule has 2 aromatic carbocycles. The quantitative estimate of drug-likeness (QED) is 0.547. The van der Waals surface area contributed by atoms with Crippen molar-refractivity contribution in [2.24, 2.45) is 0 Å². The highest BCUT2D eigenvalue weighted by Gasteiger charge is 2.19. The maximum Gasteiger partial charge on any atom is 0.244 e. The van der Waals surface area contributed by atoms with Crippen LogP contribution in [0.4, 0.5) is 0 Å². The summed E-state index contributed by atoms with van der Waals surface area (Å²) in [4.78, 5) is 15.1. The normalized spacial score (nSPS) is 11.9. The van der Waals surface area contributed by atoms with Crippen LogP contribution in [-0.4, -0.2) is 26.1 Å². The first-order valence-corrected chi connectivity index (χ1v) is 9.80. The highest BCUT2D eigenvalue weighted by molar-refractivity contribution is 7.10. The second-order valence-electron chi connectivity index (χ2n) is 6.38. The number of thiophene rings is 1. The molecule has 0 aliphatic carbocycles. The summed E-state index contributed by atoms with van der Waals surface area (Å²) in [5.74, 6) is 0.347. The van der Waals surface area contributed by atoms with Crippen LogP contribution in [0.5, 0.6) is 0 Å². The molecule has 2 aromatic heterocycles. The molecule has 6 nitrogen and oxygen atoms in total. The van der Waals surface area contributed by atoms with Crippen molar-refractivity contribution in [1.29, 1.82) is 0 Å². The fourth-order valence-electron chi connectivity index (χ4n) is 3.00. The molecule has 0 aliphatic rings. The van der Waals surface area contributed by atoms with E-state index in [0.717, 1.165) is 21.6 Å². The molecule has 1 N–H and O–H groups in total. The monoisotopic (exact) mass is 389 g/mol. The standard InChI is InChI=1S/C21H19N5OS/c1-15-8-5-6-11-17(15)21-23-25-26(24-21)14-19(27)22-20(18-12-7-13-28-18)16-9-3-2-4-10-16/h2-13,20H,14H2,1H3,(H,22,27)/t20-/m0/s1. The van der Waals surface area contributed by atoms with E-state index in [-0.39, 0.29) is 18.5 Å². The van der Waals surface area contributed by atoms with Gasteiger partial charge in [-0.1, -0.05) is 60.7 Å². The lowest BCUT2D eigenvalue weighted by atomic mass is 10.1. The lowest BCUT2D eigenvalue weighted by Gasteiger charge is -2.17. The minimum atomic E-state index is -0.201. The SMILES string of the molecule is Cc1ccccc1-c1nnn(CC(=O)N[C@@H](c2ccccc2)c2cccs2)n1. The molecule has 28 heavy (non-hydrogen) atoms. The first-order chi connectivity index (χ1) is 13.7. The number of benzene rings is 2. The van der Waals surface area contributed by atoms with E-state index in [9.17, 15) is 4.79 Å². The van der Waals surface area contributed by atoms with Gasteiger partial charge in [0.15, 0.2) is 0 Å². The first-order valence-electron chi connectivity index (χ1n) is 8.92. The second-order valence-corrected chi connectivity index (χ2v) is 7.36. The molecular formula is C21H19N5OS. The number of nitrogens with one attached hydrogen (secondary N) is 1. The molecule has 0 fully saturated rings. The lowest BCUT2D eigenvalue weighted by molar-refractivity contribution is -0.122. The van der Waals surface area contributed by atoms with Gasteiger partial charge in [-0.2, -0.15) is 4.80 Å². The summed E-state index contributed by atoms with van der Waals surface area (Å²) in [5, 5.41) is 17.6. The third-order valence-electron chi connectivity index (χ3n) is 4.39. The fourth-order valence-corrected chi connectivity index (χ4v) is 3.80. The van der Waals surface area contributed by atoms with Crippen LogP contribution in [0.1, 0.15) is 22.0 Å². The summed E-state index contributed by atoms with van der Waals surface area (Å²) in [6.45, 7) is 2.00. The molecule has 0 aliphatic heterocycles. The summed E-state index contributed by atoms with van der Waals surface area (Å²) in [5.41, 5.74) is 3.01. The van der Waals surface area contributed by atoms with Gasteiger partial charge in [-0.05, 0) is 34.7 Å². The van der Waals surface area contributed by atoms with Crippen molar-refractivity contribution in [3.63, 3.8) is 0 Å². The molecular weight excluding hydrogens is 370 g/mol. The van der Waals surface area contributed by atoms with Crippen LogP contribution in [-0.2, 0) is 11.3 Å². The summed E-state index contributed by atoms with van der Waals surface area (Å²) >= 11 is 1.61. The third-order valence-corrected chi connectivity index (χ3v) is 5.33. The lowest BCUT2D eigenvalue weighted by Crippen LogP contribution is -2.32. The van der Waals surface area contributed by atoms with E-state index in [4.69, 9.17) is 0 Å². The van der Waals surface area contributed by atoms with Gasteiger partial charge in [0.05, 0.1) is 6.04 Å². The maximum absolute atomic E-state index is 12.7. The first kappa shape index (κ1) is 18.1. The topological polar surface area (TPSA) is 72.7 Å². The zero-order valence-electron chi connectivity index (χ0n) is 15.3. The fraction of sp³-hybridized carbons (Fsp3) is 0.143. The molecule has 0 bridgehead atoms. The molecule has 2 heterocycles. The van der Waals surface area contributed by atoms with E-state index in [1.165, 1.54) is 4.80 Å². The van der Waals surface area contributed by atoms with E-state index in [1.807, 2.05) is 79.0 Å². The van der Waals surface area contributed by atoms with Crippen molar-refractivity contribution in [1.82, 2.24) is 25.5 Å². The van der Waals surface area contributed by atoms with Gasteiger partial charge >= 0.3 is 0 Å². The third kappa shape index (κ3) is 3.99. The number of aryl methyl sites for hydroxylation is 1. The molecule has 7 heteroatoms. The Balaban J connectivity index is 1.50. The summed E-state index contributed by atoms with van der Waals surface area (Å²) in [7, 11) is 0. The molecule has 0 unspecified atom stereocenters. The van der Waals surface area contributed by atoms with Gasteiger partial charge in [-0.15, -0.1) is 21.5 Å². The second kappa shape index (κ2) is 8.14. The smallest absolute Gasteiger partial charge is 0.244 e. The van der Waals surface area contributed by atoms with Crippen molar-refractivity contribution in [2.75, 3.05) is 0 Å². The van der Waals surface area contributed by atoms with Crippen LogP contribution >= 0.6 is 11.3 Å². The van der Waals surface area contributed by atoms with Crippen molar-refractivity contribution in [3.8, 4) is 11.4 Å². The molecule has 4 aromatic rings. The average Bonchev–Trinajstić information content (AvgIpc) is 3.39. The summed E-state index contributed by atoms with van der Waals surface area (Å²) in [6.07, 6.45) is 0. The Morgan fingerprint density at radius 3 is 2.61 bits per heavy atom. The number of hydrogen-bond donors (Lipinski definition) is 1. The Morgan fingerprint density at radius 2 is 1.86 bits per heavy atom. The van der Waals surface area contributed by atoms with Crippen LogP contribution in [0.2, 0.25) is 0 Å². The van der Waals surface area contributed by atoms with Gasteiger partial charge in [-0.3, -0.25) is 4.79 Å². The van der Waals surface area contributed by atoms with Gasteiger partial charge in [0.25, 0.3) is 0 Å². The number of amides is 1. The molecule has 0 saturated heterocycles. The summed E-state index contributed by atoms with van der Waals surface area (Å²) < 4.78 is 0. The van der Waals surface area contributed by atoms with E-state index in [2.05, 4.69) is 20.7 Å². The highest BCUT2D eigenvalue weighted by atomic mass is 32.1. The molecule has 0 spiro atoms. The number of carbonyl (C=O) groups excluding carboxylic acids is 1. The van der Waals surface area contributed by atoms with E-state index in [1.54, 1.807) is 11.3 Å². The highest BCUT2D eigenvalue weighted by Crippen LogP contribution is 2.26. The van der Waals surface area contributed by atoms with Crippen LogP contribution in [0.25, 0.3) is 11.4 Å². The predicted octanol–water partition coefficient (Wildman–Crippen LogP) is 3.62. The van der Waals surface area contributed by atoms with Crippen molar-refractivity contribution < 1.29 is 4.79 Å². The van der Waals surface area contributed by atoms with E-state index >= 15 is 0 Å². The van der Waals surface area contributed by atoms with Gasteiger partial charge in [0, 0.05) is 10.4 Å². The Morgan fingerprint density at radius 1 is 1.07 bits per heavy atom. The Bertz CT molecular complexity index is 1060. The van der Waals surface area contributed by atoms with Crippen molar-refractivity contribution in [3.05, 3.63) is 88.1 Å². The Hall–Kier alpha value is -3.32. The Labute approximate surface area is 166 Å². The van der Waals surface area contributed by atoms with E-state index in [0.29, 0.717) is 5.82 Å². The largest absolute Gasteiger partial charge is 0.343 e. The molecule has 0 saturated carbocycles. The molecule has 4 rings (SSSR count). The zero-order valence-corrected chi connectivity index (χ0v) is 16.1. The van der Waals surface area contributed by atoms with Crippen LogP contribution in [0.3, 0.4) is 0 Å². The maximum atomic E-state index is 12.7. The molecule has 140 valence electrons. The van der Waals surface area contributed by atoms with Crippen LogP contribution < -0.4 is 5.32 Å². The van der Waals surface area contributed by atoms with Gasteiger partial charge < -0.3 is 5.32 Å². The molecule has 1 atom stereocenters.